The lowest BCUT2D eigenvalue weighted by molar-refractivity contribution is -0.164. The fraction of sp³-hybridized carbons (Fsp3) is 0.400. The number of carbonyl (C=O) groups is 6. The van der Waals surface area contributed by atoms with E-state index >= 15 is 0 Å². The third-order valence-electron chi connectivity index (χ3n) is 8.92. The topological polar surface area (TPSA) is 241 Å². The molecule has 2 amide bonds. The number of rotatable bonds is 27. The van der Waals surface area contributed by atoms with Crippen LogP contribution >= 0.6 is 0 Å². The highest BCUT2D eigenvalue weighted by molar-refractivity contribution is 5.99. The van der Waals surface area contributed by atoms with Crippen molar-refractivity contribution in [3.05, 3.63) is 119 Å². The maximum Gasteiger partial charge on any atom is 0.329 e. The normalized spacial score (nSPS) is 12.1. The zero-order chi connectivity index (χ0) is 49.7. The fourth-order valence-electron chi connectivity index (χ4n) is 5.95. The molecule has 0 fully saturated rings. The Balaban J connectivity index is 1.31. The molecule has 0 aromatic heterocycles. The largest absolute Gasteiger partial charge is 0.491 e. The molecule has 0 unspecified atom stereocenters. The van der Waals surface area contributed by atoms with Crippen molar-refractivity contribution in [1.29, 1.82) is 0 Å². The van der Waals surface area contributed by atoms with Crippen molar-refractivity contribution < 1.29 is 76.9 Å². The van der Waals surface area contributed by atoms with Crippen LogP contribution in [0.1, 0.15) is 86.2 Å². The molecule has 0 heterocycles. The Labute approximate surface area is 395 Å². The summed E-state index contributed by atoms with van der Waals surface area (Å²) in [6.45, 7) is 11.2. The van der Waals surface area contributed by atoms with Gasteiger partial charge in [-0.3, -0.25) is 19.2 Å². The van der Waals surface area contributed by atoms with Gasteiger partial charge in [0.2, 0.25) is 0 Å². The van der Waals surface area contributed by atoms with Crippen molar-refractivity contribution in [2.24, 2.45) is 0 Å². The molecule has 4 N–H and O–H groups in total. The average molecular weight is 945 g/mol. The van der Waals surface area contributed by atoms with Crippen molar-refractivity contribution in [2.75, 3.05) is 39.6 Å². The van der Waals surface area contributed by atoms with Crippen molar-refractivity contribution in [3.63, 3.8) is 0 Å². The standard InChI is InChI=1S/C50H60N2O16/c1-49(2,3)67-44(55)30-42(48(60)68-50(4,5)6)52-46(57)36-24-38(28-40(26-36)66-32-34-15-11-8-12-16-34)64-22-20-62-18-17-61-19-21-63-37-23-35(45(56)51-41(47(58)59)29-43(53)54)25-39(27-37)65-31-33-13-9-7-10-14-33/h7-16,23-28,41-42H,17-22,29-32H2,1-6H3,(H,51,56)(H,52,57)(H,53,54)(H,58,59)/t41-,42-/m0/s1. The molecule has 2 atom stereocenters. The van der Waals surface area contributed by atoms with E-state index in [1.165, 1.54) is 24.3 Å². The van der Waals surface area contributed by atoms with E-state index in [0.29, 0.717) is 5.75 Å². The molecule has 366 valence electrons. The minimum atomic E-state index is -1.66. The maximum atomic E-state index is 13.7. The molecule has 18 heteroatoms. The molecule has 0 aliphatic heterocycles. The van der Waals surface area contributed by atoms with Gasteiger partial charge >= 0.3 is 23.9 Å². The van der Waals surface area contributed by atoms with Gasteiger partial charge in [-0.2, -0.15) is 0 Å². The van der Waals surface area contributed by atoms with Crippen molar-refractivity contribution >= 4 is 35.7 Å². The Bertz CT molecular complexity index is 2290. The quantitative estimate of drug-likeness (QED) is 0.0386. The van der Waals surface area contributed by atoms with Gasteiger partial charge < -0.3 is 58.7 Å². The summed E-state index contributed by atoms with van der Waals surface area (Å²) in [4.78, 5) is 75.4. The van der Waals surface area contributed by atoms with E-state index < -0.39 is 71.8 Å². The average Bonchev–Trinajstić information content (AvgIpc) is 3.27. The second-order valence-corrected chi connectivity index (χ2v) is 17.2. The van der Waals surface area contributed by atoms with Gasteiger partial charge in [-0.05, 0) is 76.9 Å². The van der Waals surface area contributed by atoms with Gasteiger partial charge in [0.1, 0.15) is 72.7 Å². The van der Waals surface area contributed by atoms with Crippen LogP contribution in [0.2, 0.25) is 0 Å². The molecule has 4 rings (SSSR count). The van der Waals surface area contributed by atoms with Gasteiger partial charge in [0, 0.05) is 23.3 Å². The van der Waals surface area contributed by atoms with E-state index in [4.69, 9.17) is 43.0 Å². The highest BCUT2D eigenvalue weighted by Crippen LogP contribution is 2.26. The number of benzene rings is 4. The second kappa shape index (κ2) is 26.2. The molecule has 0 aliphatic carbocycles. The molecule has 0 spiro atoms. The minimum Gasteiger partial charge on any atom is -0.491 e. The van der Waals surface area contributed by atoms with Crippen LogP contribution in [0.25, 0.3) is 0 Å². The summed E-state index contributed by atoms with van der Waals surface area (Å²) in [5.74, 6) is -4.85. The predicted molar refractivity (Wildman–Crippen MR) is 246 cm³/mol. The lowest BCUT2D eigenvalue weighted by Crippen LogP contribution is -2.46. The van der Waals surface area contributed by atoms with Crippen LogP contribution in [-0.2, 0) is 51.3 Å². The summed E-state index contributed by atoms with van der Waals surface area (Å²) in [7, 11) is 0. The van der Waals surface area contributed by atoms with Gasteiger partial charge in [-0.1, -0.05) is 60.7 Å². The number of ether oxygens (including phenoxy) is 8. The zero-order valence-electron chi connectivity index (χ0n) is 39.1. The van der Waals surface area contributed by atoms with Gasteiger partial charge in [0.05, 0.1) is 39.3 Å². The van der Waals surface area contributed by atoms with Crippen molar-refractivity contribution in [1.82, 2.24) is 10.6 Å². The number of aliphatic carboxylic acids is 2. The first-order chi connectivity index (χ1) is 32.2. The summed E-state index contributed by atoms with van der Waals surface area (Å²) in [6.07, 6.45) is -1.28. The first-order valence-electron chi connectivity index (χ1n) is 21.8. The van der Waals surface area contributed by atoms with E-state index in [1.807, 2.05) is 60.7 Å². The maximum absolute atomic E-state index is 13.7. The second-order valence-electron chi connectivity index (χ2n) is 17.2. The summed E-state index contributed by atoms with van der Waals surface area (Å²) in [5, 5.41) is 23.4. The van der Waals surface area contributed by atoms with Gasteiger partial charge in [0.25, 0.3) is 11.8 Å². The molecule has 4 aromatic carbocycles. The monoisotopic (exact) mass is 944 g/mol. The van der Waals surface area contributed by atoms with E-state index in [1.54, 1.807) is 53.7 Å². The Morgan fingerprint density at radius 3 is 1.29 bits per heavy atom. The van der Waals surface area contributed by atoms with Crippen LogP contribution in [0.4, 0.5) is 0 Å². The minimum absolute atomic E-state index is 0.00760. The molecule has 0 radical (unpaired) electrons. The molecule has 4 aromatic rings. The highest BCUT2D eigenvalue weighted by Gasteiger charge is 2.31. The van der Waals surface area contributed by atoms with E-state index in [2.05, 4.69) is 10.6 Å². The predicted octanol–water partition coefficient (Wildman–Crippen LogP) is 6.17. The van der Waals surface area contributed by atoms with Gasteiger partial charge in [-0.25, -0.2) is 9.59 Å². The number of carbonyl (C=O) groups excluding carboxylic acids is 4. The molecule has 68 heavy (non-hydrogen) atoms. The first kappa shape index (κ1) is 53.4. The van der Waals surface area contributed by atoms with E-state index in [9.17, 15) is 33.9 Å². The number of hydrogen-bond acceptors (Lipinski definition) is 14. The number of carboxylic acids is 2. The molecule has 0 saturated carbocycles. The van der Waals surface area contributed by atoms with Gasteiger partial charge in [-0.15, -0.1) is 0 Å². The van der Waals surface area contributed by atoms with Crippen LogP contribution < -0.4 is 29.6 Å². The van der Waals surface area contributed by atoms with E-state index in [-0.39, 0.29) is 81.2 Å². The summed E-state index contributed by atoms with van der Waals surface area (Å²) >= 11 is 0. The molecular weight excluding hydrogens is 885 g/mol. The number of nitrogens with one attached hydrogen (secondary N) is 2. The van der Waals surface area contributed by atoms with Crippen LogP contribution in [0, 0.1) is 0 Å². The Morgan fingerprint density at radius 2 is 0.897 bits per heavy atom. The highest BCUT2D eigenvalue weighted by atomic mass is 16.6. The third-order valence-corrected chi connectivity index (χ3v) is 8.92. The van der Waals surface area contributed by atoms with Crippen molar-refractivity contribution in [2.45, 2.75) is 90.9 Å². The van der Waals surface area contributed by atoms with Crippen LogP contribution in [0.5, 0.6) is 23.0 Å². The van der Waals surface area contributed by atoms with E-state index in [0.717, 1.165) is 11.1 Å². The zero-order valence-corrected chi connectivity index (χ0v) is 39.1. The van der Waals surface area contributed by atoms with Crippen LogP contribution in [0.15, 0.2) is 97.1 Å². The molecular formula is C50H60N2O16. The number of esters is 2. The first-order valence-corrected chi connectivity index (χ1v) is 21.8. The van der Waals surface area contributed by atoms with Crippen molar-refractivity contribution in [3.8, 4) is 23.0 Å². The third kappa shape index (κ3) is 20.6. The van der Waals surface area contributed by atoms with Gasteiger partial charge in [0.15, 0.2) is 0 Å². The number of hydrogen-bond donors (Lipinski definition) is 4. The summed E-state index contributed by atoms with van der Waals surface area (Å²) in [5.41, 5.74) is 0.111. The number of amides is 2. The number of carboxylic acid groups (broad SMARTS) is 2. The Morgan fingerprint density at radius 1 is 0.500 bits per heavy atom. The molecule has 18 nitrogen and oxygen atoms in total. The molecule has 0 saturated heterocycles. The lowest BCUT2D eigenvalue weighted by atomic mass is 10.1. The SMILES string of the molecule is CC(C)(C)OC(=O)C[C@H](NC(=O)c1cc(OCCOCCOCCOc2cc(OCc3ccccc3)cc(C(=O)N[C@@H](CC(=O)O)C(=O)O)c2)cc(OCc2ccccc2)c1)C(=O)OC(C)(C)C. The fourth-order valence-corrected chi connectivity index (χ4v) is 5.95. The Hall–Kier alpha value is -7.18. The van der Waals surface area contributed by atoms with Crippen LogP contribution in [-0.4, -0.2) is 109 Å². The molecule has 0 aliphatic rings. The molecule has 0 bridgehead atoms. The van der Waals surface area contributed by atoms with Crippen LogP contribution in [0.3, 0.4) is 0 Å². The summed E-state index contributed by atoms with van der Waals surface area (Å²) in [6, 6.07) is 24.6. The summed E-state index contributed by atoms with van der Waals surface area (Å²) < 4.78 is 45.9. The Kier molecular flexibility index (Phi) is 20.6. The lowest BCUT2D eigenvalue weighted by Gasteiger charge is -2.26. The smallest absolute Gasteiger partial charge is 0.329 e.